The molecule has 4 heteroatoms. The fourth-order valence-electron chi connectivity index (χ4n) is 2.67. The number of para-hydroxylation sites is 1. The molecule has 1 aromatic heterocycles. The number of rotatable bonds is 3. The zero-order chi connectivity index (χ0) is 17.1. The Balaban J connectivity index is 1.69. The van der Waals surface area contributed by atoms with Gasteiger partial charge in [0.1, 0.15) is 12.1 Å². The lowest BCUT2D eigenvalue weighted by Crippen LogP contribution is -1.95. The maximum Gasteiger partial charge on any atom is 0.167 e. The highest BCUT2D eigenvalue weighted by Crippen LogP contribution is 2.27. The molecule has 4 aromatic rings. The Hall–Kier alpha value is -3.53. The molecule has 0 atom stereocenters. The second-order valence-electron chi connectivity index (χ2n) is 5.59. The molecule has 0 bridgehead atoms. The van der Waals surface area contributed by atoms with E-state index < -0.39 is 0 Å². The molecule has 0 fully saturated rings. The van der Waals surface area contributed by atoms with Gasteiger partial charge in [0.25, 0.3) is 0 Å². The first-order valence-corrected chi connectivity index (χ1v) is 7.94. The molecule has 0 aliphatic heterocycles. The first kappa shape index (κ1) is 15.0. The van der Waals surface area contributed by atoms with Crippen molar-refractivity contribution in [2.75, 3.05) is 0 Å². The molecule has 3 aromatic carbocycles. The SMILES string of the molecule is Oc1ccccc1-c1ncnc(-c2ccc(-c3ccccc3)cc2)n1. The van der Waals surface area contributed by atoms with Crippen molar-refractivity contribution >= 4 is 0 Å². The third-order valence-electron chi connectivity index (χ3n) is 3.97. The molecule has 0 aliphatic rings. The van der Waals surface area contributed by atoms with Gasteiger partial charge in [-0.05, 0) is 23.3 Å². The molecule has 4 rings (SSSR count). The number of hydrogen-bond acceptors (Lipinski definition) is 4. The molecule has 0 saturated carbocycles. The standard InChI is InChI=1S/C21H15N3O/c25-19-9-5-4-8-18(19)21-23-14-22-20(24-21)17-12-10-16(11-13-17)15-6-2-1-3-7-15/h1-14,25H. The first-order valence-electron chi connectivity index (χ1n) is 7.94. The number of hydrogen-bond donors (Lipinski definition) is 1. The average Bonchev–Trinajstić information content (AvgIpc) is 2.69. The van der Waals surface area contributed by atoms with Crippen LogP contribution in [0.5, 0.6) is 5.75 Å². The van der Waals surface area contributed by atoms with Crippen LogP contribution in [0.15, 0.2) is 85.2 Å². The zero-order valence-electron chi connectivity index (χ0n) is 13.4. The predicted molar refractivity (Wildman–Crippen MR) is 97.8 cm³/mol. The predicted octanol–water partition coefficient (Wildman–Crippen LogP) is 4.58. The summed E-state index contributed by atoms with van der Waals surface area (Å²) in [5, 5.41) is 9.99. The van der Waals surface area contributed by atoms with Crippen LogP contribution in [0.3, 0.4) is 0 Å². The van der Waals surface area contributed by atoms with Gasteiger partial charge in [-0.15, -0.1) is 0 Å². The molecular weight excluding hydrogens is 310 g/mol. The van der Waals surface area contributed by atoms with Gasteiger partial charge >= 0.3 is 0 Å². The molecule has 0 saturated heterocycles. The monoisotopic (exact) mass is 325 g/mol. The fraction of sp³-hybridized carbons (Fsp3) is 0. The van der Waals surface area contributed by atoms with Crippen LogP contribution in [0.2, 0.25) is 0 Å². The number of phenolic OH excluding ortho intramolecular Hbond substituents is 1. The topological polar surface area (TPSA) is 58.9 Å². The summed E-state index contributed by atoms with van der Waals surface area (Å²) in [7, 11) is 0. The van der Waals surface area contributed by atoms with Crippen molar-refractivity contribution in [3.8, 4) is 39.7 Å². The molecule has 1 N–H and O–H groups in total. The van der Waals surface area contributed by atoms with Gasteiger partial charge in [0.05, 0.1) is 5.56 Å². The van der Waals surface area contributed by atoms with Gasteiger partial charge in [0.2, 0.25) is 0 Å². The van der Waals surface area contributed by atoms with Gasteiger partial charge in [0, 0.05) is 5.56 Å². The molecule has 0 radical (unpaired) electrons. The van der Waals surface area contributed by atoms with E-state index in [1.165, 1.54) is 11.9 Å². The van der Waals surface area contributed by atoms with Crippen LogP contribution in [0.4, 0.5) is 0 Å². The lowest BCUT2D eigenvalue weighted by Gasteiger charge is -2.06. The van der Waals surface area contributed by atoms with Gasteiger partial charge in [-0.2, -0.15) is 0 Å². The second-order valence-corrected chi connectivity index (χ2v) is 5.59. The third-order valence-corrected chi connectivity index (χ3v) is 3.97. The Bertz CT molecular complexity index is 999. The Morgan fingerprint density at radius 3 is 1.92 bits per heavy atom. The van der Waals surface area contributed by atoms with E-state index in [2.05, 4.69) is 27.1 Å². The summed E-state index contributed by atoms with van der Waals surface area (Å²) in [6.45, 7) is 0. The molecule has 4 nitrogen and oxygen atoms in total. The number of aromatic hydroxyl groups is 1. The Morgan fingerprint density at radius 2 is 1.16 bits per heavy atom. The number of nitrogens with zero attached hydrogens (tertiary/aromatic N) is 3. The Kier molecular flexibility index (Phi) is 3.92. The van der Waals surface area contributed by atoms with Crippen LogP contribution in [-0.4, -0.2) is 20.1 Å². The lowest BCUT2D eigenvalue weighted by molar-refractivity contribution is 0.477. The van der Waals surface area contributed by atoms with Gasteiger partial charge in [-0.25, -0.2) is 15.0 Å². The summed E-state index contributed by atoms with van der Waals surface area (Å²) < 4.78 is 0. The van der Waals surface area contributed by atoms with Crippen LogP contribution in [0, 0.1) is 0 Å². The summed E-state index contributed by atoms with van der Waals surface area (Å²) in [6.07, 6.45) is 1.47. The van der Waals surface area contributed by atoms with Crippen LogP contribution >= 0.6 is 0 Å². The van der Waals surface area contributed by atoms with E-state index in [4.69, 9.17) is 0 Å². The molecular formula is C21H15N3O. The Morgan fingerprint density at radius 1 is 0.560 bits per heavy atom. The smallest absolute Gasteiger partial charge is 0.167 e. The van der Waals surface area contributed by atoms with E-state index >= 15 is 0 Å². The zero-order valence-corrected chi connectivity index (χ0v) is 13.4. The van der Waals surface area contributed by atoms with Crippen LogP contribution in [0.1, 0.15) is 0 Å². The van der Waals surface area contributed by atoms with E-state index in [-0.39, 0.29) is 5.75 Å². The maximum atomic E-state index is 9.99. The van der Waals surface area contributed by atoms with E-state index in [1.54, 1.807) is 18.2 Å². The minimum Gasteiger partial charge on any atom is -0.507 e. The summed E-state index contributed by atoms with van der Waals surface area (Å²) in [5.41, 5.74) is 3.80. The molecule has 0 amide bonds. The molecule has 120 valence electrons. The summed E-state index contributed by atoms with van der Waals surface area (Å²) >= 11 is 0. The highest BCUT2D eigenvalue weighted by molar-refractivity contribution is 5.69. The van der Waals surface area contributed by atoms with E-state index in [0.717, 1.165) is 11.1 Å². The van der Waals surface area contributed by atoms with Crippen molar-refractivity contribution in [1.29, 1.82) is 0 Å². The summed E-state index contributed by atoms with van der Waals surface area (Å²) in [4.78, 5) is 12.9. The normalized spacial score (nSPS) is 10.6. The fourth-order valence-corrected chi connectivity index (χ4v) is 2.67. The van der Waals surface area contributed by atoms with Crippen molar-refractivity contribution in [2.45, 2.75) is 0 Å². The van der Waals surface area contributed by atoms with Crippen molar-refractivity contribution in [3.05, 3.63) is 85.2 Å². The number of phenols is 1. The van der Waals surface area contributed by atoms with Crippen molar-refractivity contribution < 1.29 is 5.11 Å². The van der Waals surface area contributed by atoms with Crippen molar-refractivity contribution in [1.82, 2.24) is 15.0 Å². The van der Waals surface area contributed by atoms with Gasteiger partial charge < -0.3 is 5.11 Å². The van der Waals surface area contributed by atoms with Gasteiger partial charge in [-0.3, -0.25) is 0 Å². The van der Waals surface area contributed by atoms with E-state index in [0.29, 0.717) is 17.2 Å². The highest BCUT2D eigenvalue weighted by Gasteiger charge is 2.09. The van der Waals surface area contributed by atoms with Crippen LogP contribution < -0.4 is 0 Å². The van der Waals surface area contributed by atoms with Crippen LogP contribution in [0.25, 0.3) is 33.9 Å². The second kappa shape index (κ2) is 6.53. The van der Waals surface area contributed by atoms with E-state index in [9.17, 15) is 5.11 Å². The largest absolute Gasteiger partial charge is 0.507 e. The Labute approximate surface area is 145 Å². The average molecular weight is 325 g/mol. The van der Waals surface area contributed by atoms with Crippen LogP contribution in [-0.2, 0) is 0 Å². The minimum absolute atomic E-state index is 0.152. The maximum absolute atomic E-state index is 9.99. The van der Waals surface area contributed by atoms with Gasteiger partial charge in [-0.1, -0.05) is 66.7 Å². The minimum atomic E-state index is 0.152. The first-order chi connectivity index (χ1) is 12.3. The molecule has 0 spiro atoms. The quantitative estimate of drug-likeness (QED) is 0.599. The highest BCUT2D eigenvalue weighted by atomic mass is 16.3. The summed E-state index contributed by atoms with van der Waals surface area (Å²) in [5.74, 6) is 1.18. The molecule has 25 heavy (non-hydrogen) atoms. The summed E-state index contributed by atoms with van der Waals surface area (Å²) in [6, 6.07) is 25.3. The lowest BCUT2D eigenvalue weighted by atomic mass is 10.0. The molecule has 0 unspecified atom stereocenters. The van der Waals surface area contributed by atoms with Crippen molar-refractivity contribution in [3.63, 3.8) is 0 Å². The molecule has 0 aliphatic carbocycles. The number of benzene rings is 3. The number of aromatic nitrogens is 3. The molecule has 1 heterocycles. The third kappa shape index (κ3) is 3.10. The van der Waals surface area contributed by atoms with E-state index in [1.807, 2.05) is 48.5 Å². The van der Waals surface area contributed by atoms with Gasteiger partial charge in [0.15, 0.2) is 11.6 Å². The van der Waals surface area contributed by atoms with Crippen molar-refractivity contribution in [2.24, 2.45) is 0 Å².